The van der Waals surface area contributed by atoms with Crippen molar-refractivity contribution in [1.82, 2.24) is 9.88 Å². The molecule has 0 saturated carbocycles. The van der Waals surface area contributed by atoms with Crippen molar-refractivity contribution >= 4 is 40.0 Å². The molecule has 1 aliphatic rings. The van der Waals surface area contributed by atoms with Gasteiger partial charge in [-0.1, -0.05) is 5.92 Å². The number of nitrogens with one attached hydrogen (secondary N) is 3. The average molecular weight is 458 g/mol. The number of likely N-dealkylation sites (tertiary alicyclic amines) is 1. The first kappa shape index (κ1) is 23.1. The Hall–Kier alpha value is -4.09. The van der Waals surface area contributed by atoms with Gasteiger partial charge in [-0.3, -0.25) is 9.59 Å². The molecule has 0 aliphatic carbocycles. The molecule has 3 aromatic rings. The van der Waals surface area contributed by atoms with Gasteiger partial charge in [0.15, 0.2) is 5.78 Å². The number of urea groups is 1. The van der Waals surface area contributed by atoms with Gasteiger partial charge in [-0.05, 0) is 74.2 Å². The third-order valence-electron chi connectivity index (χ3n) is 6.06. The second-order valence-electron chi connectivity index (χ2n) is 8.45. The molecule has 2 aromatic carbocycles. The second kappa shape index (κ2) is 9.81. The first-order chi connectivity index (χ1) is 16.4. The quantitative estimate of drug-likeness (QED) is 0.334. The third kappa shape index (κ3) is 4.95. The van der Waals surface area contributed by atoms with E-state index in [0.717, 1.165) is 29.3 Å². The number of rotatable bonds is 6. The van der Waals surface area contributed by atoms with E-state index in [4.69, 9.17) is 12.2 Å². The van der Waals surface area contributed by atoms with Gasteiger partial charge in [0.2, 0.25) is 5.91 Å². The summed E-state index contributed by atoms with van der Waals surface area (Å²) in [6.45, 7) is 2.12. The van der Waals surface area contributed by atoms with Crippen molar-refractivity contribution in [3.63, 3.8) is 0 Å². The number of ketones is 1. The summed E-state index contributed by atoms with van der Waals surface area (Å²) < 4.78 is 0. The molecule has 174 valence electrons. The lowest BCUT2D eigenvalue weighted by molar-refractivity contribution is -0.132. The summed E-state index contributed by atoms with van der Waals surface area (Å²) in [5.74, 6) is 2.49. The molecule has 0 radical (unpaired) electrons. The van der Waals surface area contributed by atoms with Crippen molar-refractivity contribution in [2.24, 2.45) is 5.73 Å². The second-order valence-corrected chi connectivity index (χ2v) is 8.45. The lowest BCUT2D eigenvalue weighted by Gasteiger charge is -2.24. The Labute approximate surface area is 197 Å². The molecule has 1 aromatic heterocycles. The molecule has 4 rings (SSSR count). The molecule has 0 bridgehead atoms. The molecule has 1 aliphatic heterocycles. The number of aromatic amines is 1. The predicted molar refractivity (Wildman–Crippen MR) is 133 cm³/mol. The van der Waals surface area contributed by atoms with Crippen LogP contribution in [-0.4, -0.2) is 46.2 Å². The van der Waals surface area contributed by atoms with Crippen molar-refractivity contribution in [3.8, 4) is 12.3 Å². The maximum Gasteiger partial charge on any atom is 0.323 e. The van der Waals surface area contributed by atoms with Crippen LogP contribution >= 0.6 is 0 Å². The molecule has 2 unspecified atom stereocenters. The maximum absolute atomic E-state index is 12.8. The molecule has 8 nitrogen and oxygen atoms in total. The smallest absolute Gasteiger partial charge is 0.323 e. The Balaban J connectivity index is 1.43. The lowest BCUT2D eigenvalue weighted by Crippen LogP contribution is -2.46. The summed E-state index contributed by atoms with van der Waals surface area (Å²) in [6, 6.07) is 10.9. The van der Waals surface area contributed by atoms with E-state index >= 15 is 0 Å². The van der Waals surface area contributed by atoms with E-state index in [1.165, 1.54) is 6.92 Å². The van der Waals surface area contributed by atoms with Crippen LogP contribution in [0.25, 0.3) is 10.9 Å². The summed E-state index contributed by atoms with van der Waals surface area (Å²) in [6.07, 6.45) is 9.43. The fraction of sp³-hybridized carbons (Fsp3) is 0.269. The molecule has 2 atom stereocenters. The molecule has 1 fully saturated rings. The average Bonchev–Trinajstić information content (AvgIpc) is 3.45. The zero-order valence-electron chi connectivity index (χ0n) is 18.9. The zero-order chi connectivity index (χ0) is 24.2. The molecular weight excluding hydrogens is 430 g/mol. The minimum Gasteiger partial charge on any atom is -0.361 e. The summed E-state index contributed by atoms with van der Waals surface area (Å²) >= 11 is 0. The van der Waals surface area contributed by atoms with Crippen LogP contribution in [0.4, 0.5) is 16.2 Å². The van der Waals surface area contributed by atoms with Gasteiger partial charge in [0, 0.05) is 40.6 Å². The maximum atomic E-state index is 12.8. The number of benzene rings is 2. The van der Waals surface area contributed by atoms with Crippen molar-refractivity contribution in [1.29, 1.82) is 0 Å². The number of H-pyrrole nitrogens is 1. The number of nitrogens with two attached hydrogens (primary N) is 1. The Morgan fingerprint density at radius 3 is 2.59 bits per heavy atom. The van der Waals surface area contributed by atoms with Crippen LogP contribution in [0.3, 0.4) is 0 Å². The lowest BCUT2D eigenvalue weighted by atomic mass is 10.0. The van der Waals surface area contributed by atoms with E-state index in [1.54, 1.807) is 35.2 Å². The molecule has 3 amide bonds. The van der Waals surface area contributed by atoms with Crippen LogP contribution < -0.4 is 16.4 Å². The van der Waals surface area contributed by atoms with E-state index in [-0.39, 0.29) is 17.7 Å². The van der Waals surface area contributed by atoms with Crippen molar-refractivity contribution in [2.75, 3.05) is 17.2 Å². The first-order valence-corrected chi connectivity index (χ1v) is 11.2. The molecule has 34 heavy (non-hydrogen) atoms. The number of carbonyl (C=O) groups excluding carboxylic acids is 3. The van der Waals surface area contributed by atoms with E-state index < -0.39 is 12.1 Å². The number of nitrogens with zero attached hydrogens (tertiary/aromatic N) is 1. The highest BCUT2D eigenvalue weighted by Gasteiger charge is 2.30. The molecular formula is C26H27N5O3. The SMILES string of the molecule is C#CC1CCCN1C(=O)C(N)Cc1c[nH]c2ccc(NC(=O)Nc3ccc(C(C)=O)cc3)cc12. The van der Waals surface area contributed by atoms with Gasteiger partial charge in [0.1, 0.15) is 0 Å². The number of carbonyl (C=O) groups is 3. The number of Topliss-reactive ketones (excluding diaryl/α,β-unsaturated/α-hetero) is 1. The van der Waals surface area contributed by atoms with Gasteiger partial charge < -0.3 is 26.3 Å². The van der Waals surface area contributed by atoms with Crippen LogP contribution in [0.1, 0.15) is 35.7 Å². The largest absolute Gasteiger partial charge is 0.361 e. The van der Waals surface area contributed by atoms with Crippen LogP contribution in [0.2, 0.25) is 0 Å². The minimum absolute atomic E-state index is 0.0377. The number of hydrogen-bond acceptors (Lipinski definition) is 4. The van der Waals surface area contributed by atoms with Crippen LogP contribution in [0, 0.1) is 12.3 Å². The van der Waals surface area contributed by atoms with Gasteiger partial charge in [-0.25, -0.2) is 4.79 Å². The normalized spacial score (nSPS) is 16.1. The van der Waals surface area contributed by atoms with Gasteiger partial charge in [-0.15, -0.1) is 6.42 Å². The van der Waals surface area contributed by atoms with Gasteiger partial charge in [0.05, 0.1) is 12.1 Å². The van der Waals surface area contributed by atoms with Crippen molar-refractivity contribution < 1.29 is 14.4 Å². The number of fused-ring (bicyclic) bond motifs is 1. The van der Waals surface area contributed by atoms with E-state index in [0.29, 0.717) is 29.9 Å². The summed E-state index contributed by atoms with van der Waals surface area (Å²) in [4.78, 5) is 41.6. The number of anilines is 2. The highest BCUT2D eigenvalue weighted by atomic mass is 16.2. The fourth-order valence-electron chi connectivity index (χ4n) is 4.25. The topological polar surface area (TPSA) is 120 Å². The van der Waals surface area contributed by atoms with Crippen molar-refractivity contribution in [2.45, 2.75) is 38.3 Å². The number of hydrogen-bond donors (Lipinski definition) is 4. The minimum atomic E-state index is -0.703. The van der Waals surface area contributed by atoms with Gasteiger partial charge in [0.25, 0.3) is 0 Å². The van der Waals surface area contributed by atoms with Gasteiger partial charge >= 0.3 is 6.03 Å². The molecule has 5 N–H and O–H groups in total. The van der Waals surface area contributed by atoms with Crippen molar-refractivity contribution in [3.05, 3.63) is 59.8 Å². The molecule has 1 saturated heterocycles. The fourth-order valence-corrected chi connectivity index (χ4v) is 4.25. The zero-order valence-corrected chi connectivity index (χ0v) is 18.9. The Bertz CT molecular complexity index is 1270. The highest BCUT2D eigenvalue weighted by Crippen LogP contribution is 2.25. The number of terminal acetylenes is 1. The molecule has 8 heteroatoms. The summed E-state index contributed by atoms with van der Waals surface area (Å²) in [5.41, 5.74) is 9.76. The Morgan fingerprint density at radius 2 is 1.88 bits per heavy atom. The number of amides is 3. The van der Waals surface area contributed by atoms with E-state index in [9.17, 15) is 14.4 Å². The Kier molecular flexibility index (Phi) is 6.66. The highest BCUT2D eigenvalue weighted by molar-refractivity contribution is 6.02. The van der Waals surface area contributed by atoms with Crippen LogP contribution in [0.15, 0.2) is 48.7 Å². The van der Waals surface area contributed by atoms with E-state index in [2.05, 4.69) is 21.5 Å². The first-order valence-electron chi connectivity index (χ1n) is 11.2. The predicted octanol–water partition coefficient (Wildman–Crippen LogP) is 3.51. The van der Waals surface area contributed by atoms with E-state index in [1.807, 2.05) is 18.3 Å². The summed E-state index contributed by atoms with van der Waals surface area (Å²) in [5, 5.41) is 6.43. The molecule has 2 heterocycles. The van der Waals surface area contributed by atoms with Gasteiger partial charge in [-0.2, -0.15) is 0 Å². The monoisotopic (exact) mass is 457 g/mol. The number of aromatic nitrogens is 1. The summed E-state index contributed by atoms with van der Waals surface area (Å²) in [7, 11) is 0. The van der Waals surface area contributed by atoms with Crippen LogP contribution in [-0.2, 0) is 11.2 Å². The Morgan fingerprint density at radius 1 is 1.18 bits per heavy atom. The third-order valence-corrected chi connectivity index (χ3v) is 6.06. The standard InChI is InChI=1S/C26H27N5O3/c1-3-21-5-4-12-31(21)25(33)23(27)13-18-15-28-24-11-10-20(14-22(18)24)30-26(34)29-19-8-6-17(7-9-19)16(2)32/h1,6-11,14-15,21,23,28H,4-5,12-13,27H2,2H3,(H2,29,30,34). The molecule has 0 spiro atoms. The van der Waals surface area contributed by atoms with Crippen LogP contribution in [0.5, 0.6) is 0 Å².